The van der Waals surface area contributed by atoms with E-state index in [4.69, 9.17) is 0 Å². The van der Waals surface area contributed by atoms with E-state index >= 15 is 0 Å². The summed E-state index contributed by atoms with van der Waals surface area (Å²) in [6, 6.07) is 8.48. The molecule has 3 aromatic rings. The van der Waals surface area contributed by atoms with E-state index < -0.39 is 0 Å². The highest BCUT2D eigenvalue weighted by molar-refractivity contribution is 5.80. The summed E-state index contributed by atoms with van der Waals surface area (Å²) in [4.78, 5) is 16.5. The van der Waals surface area contributed by atoms with Gasteiger partial charge >= 0.3 is 0 Å². The summed E-state index contributed by atoms with van der Waals surface area (Å²) in [5.74, 6) is 0. The number of fused-ring (bicyclic) bond motifs is 1. The number of piperidine rings is 1. The lowest BCUT2D eigenvalue weighted by atomic mass is 10.0. The molecule has 1 fully saturated rings. The van der Waals surface area contributed by atoms with Gasteiger partial charge in [-0.2, -0.15) is 0 Å². The fraction of sp³-hybridized carbons (Fsp3) is 0.409. The van der Waals surface area contributed by atoms with Gasteiger partial charge < -0.3 is 4.90 Å². The first-order valence-electron chi connectivity index (χ1n) is 9.61. The maximum absolute atomic E-state index is 4.68. The fourth-order valence-electron chi connectivity index (χ4n) is 3.79. The summed E-state index contributed by atoms with van der Waals surface area (Å²) in [5.41, 5.74) is 7.47. The lowest BCUT2D eigenvalue weighted by molar-refractivity contribution is 0.231. The van der Waals surface area contributed by atoms with Gasteiger partial charge in [-0.15, -0.1) is 0 Å². The quantitative estimate of drug-likeness (QED) is 0.705. The van der Waals surface area contributed by atoms with Crippen molar-refractivity contribution in [3.63, 3.8) is 0 Å². The van der Waals surface area contributed by atoms with Gasteiger partial charge in [0.15, 0.2) is 0 Å². The molecule has 0 amide bonds. The summed E-state index contributed by atoms with van der Waals surface area (Å²) in [6.07, 6.45) is 9.07. The van der Waals surface area contributed by atoms with Gasteiger partial charge in [-0.1, -0.05) is 12.5 Å². The van der Waals surface area contributed by atoms with Crippen LogP contribution >= 0.6 is 0 Å². The standard InChI is InChI=1S/C22H26N4/c1-16-6-7-20(17(2)25-16)19-13-22-21(24-15-19)12-18(14-23-22)8-11-26-9-4-3-5-10-26/h6-7,12-15H,3-5,8-11H2,1-2H3. The number of pyridine rings is 3. The molecule has 0 spiro atoms. The number of nitrogens with zero attached hydrogens (tertiary/aromatic N) is 4. The van der Waals surface area contributed by atoms with Gasteiger partial charge in [-0.05, 0) is 70.0 Å². The van der Waals surface area contributed by atoms with E-state index in [-0.39, 0.29) is 0 Å². The molecule has 1 aliphatic rings. The Morgan fingerprint density at radius 3 is 2.50 bits per heavy atom. The second-order valence-corrected chi connectivity index (χ2v) is 7.34. The Hall–Kier alpha value is -2.33. The van der Waals surface area contributed by atoms with E-state index in [1.807, 2.05) is 32.3 Å². The monoisotopic (exact) mass is 346 g/mol. The number of likely N-dealkylation sites (tertiary alicyclic amines) is 1. The van der Waals surface area contributed by atoms with Crippen LogP contribution in [0.1, 0.15) is 36.2 Å². The number of aryl methyl sites for hydroxylation is 2. The molecular weight excluding hydrogens is 320 g/mol. The molecule has 3 aromatic heterocycles. The van der Waals surface area contributed by atoms with E-state index in [2.05, 4.69) is 38.1 Å². The molecule has 4 heteroatoms. The van der Waals surface area contributed by atoms with Gasteiger partial charge in [0.2, 0.25) is 0 Å². The highest BCUT2D eigenvalue weighted by atomic mass is 15.1. The first-order chi connectivity index (χ1) is 12.7. The van der Waals surface area contributed by atoms with Gasteiger partial charge in [0.05, 0.1) is 11.0 Å². The van der Waals surface area contributed by atoms with Gasteiger partial charge in [0, 0.05) is 41.5 Å². The normalized spacial score (nSPS) is 15.5. The van der Waals surface area contributed by atoms with Crippen molar-refractivity contribution < 1.29 is 0 Å². The van der Waals surface area contributed by atoms with Crippen LogP contribution in [0, 0.1) is 13.8 Å². The minimum atomic E-state index is 0.948. The summed E-state index contributed by atoms with van der Waals surface area (Å²) in [7, 11) is 0. The molecular formula is C22H26N4. The van der Waals surface area contributed by atoms with Gasteiger partial charge in [0.1, 0.15) is 0 Å². The molecule has 0 aromatic carbocycles. The molecule has 0 aliphatic carbocycles. The molecule has 0 atom stereocenters. The molecule has 4 rings (SSSR count). The Morgan fingerprint density at radius 2 is 1.69 bits per heavy atom. The molecule has 134 valence electrons. The number of hydrogen-bond donors (Lipinski definition) is 0. The second-order valence-electron chi connectivity index (χ2n) is 7.34. The van der Waals surface area contributed by atoms with Crippen molar-refractivity contribution in [2.45, 2.75) is 39.5 Å². The third kappa shape index (κ3) is 3.75. The van der Waals surface area contributed by atoms with E-state index in [9.17, 15) is 0 Å². The lowest BCUT2D eigenvalue weighted by Gasteiger charge is -2.26. The third-order valence-corrected chi connectivity index (χ3v) is 5.29. The molecule has 0 radical (unpaired) electrons. The predicted octanol–water partition coefficient (Wildman–Crippen LogP) is 4.34. The summed E-state index contributed by atoms with van der Waals surface area (Å²) >= 11 is 0. The molecule has 1 saturated heterocycles. The lowest BCUT2D eigenvalue weighted by Crippen LogP contribution is -2.31. The van der Waals surface area contributed by atoms with Crippen molar-refractivity contribution in [2.24, 2.45) is 0 Å². The number of hydrogen-bond acceptors (Lipinski definition) is 4. The zero-order valence-electron chi connectivity index (χ0n) is 15.7. The predicted molar refractivity (Wildman–Crippen MR) is 106 cm³/mol. The van der Waals surface area contributed by atoms with Crippen molar-refractivity contribution in [1.29, 1.82) is 0 Å². The maximum Gasteiger partial charge on any atom is 0.0893 e. The zero-order valence-corrected chi connectivity index (χ0v) is 15.7. The van der Waals surface area contributed by atoms with Crippen LogP contribution in [-0.2, 0) is 6.42 Å². The Balaban J connectivity index is 1.54. The van der Waals surface area contributed by atoms with Crippen molar-refractivity contribution >= 4 is 11.0 Å². The van der Waals surface area contributed by atoms with Crippen LogP contribution in [0.15, 0.2) is 36.7 Å². The van der Waals surface area contributed by atoms with Gasteiger partial charge in [0.25, 0.3) is 0 Å². The molecule has 0 unspecified atom stereocenters. The SMILES string of the molecule is Cc1ccc(-c2cnc3cc(CCN4CCCCC4)cnc3c2)c(C)n1. The van der Waals surface area contributed by atoms with Crippen LogP contribution in [-0.4, -0.2) is 39.5 Å². The van der Waals surface area contributed by atoms with Crippen LogP contribution in [0.3, 0.4) is 0 Å². The summed E-state index contributed by atoms with van der Waals surface area (Å²) in [6.45, 7) is 7.67. The molecule has 4 nitrogen and oxygen atoms in total. The topological polar surface area (TPSA) is 41.9 Å². The number of rotatable bonds is 4. The Labute approximate surface area is 155 Å². The van der Waals surface area contributed by atoms with Gasteiger partial charge in [-0.25, -0.2) is 0 Å². The zero-order chi connectivity index (χ0) is 17.9. The summed E-state index contributed by atoms with van der Waals surface area (Å²) in [5, 5.41) is 0. The van der Waals surface area contributed by atoms with Gasteiger partial charge in [-0.3, -0.25) is 15.0 Å². The molecule has 26 heavy (non-hydrogen) atoms. The van der Waals surface area contributed by atoms with E-state index in [0.29, 0.717) is 0 Å². The molecule has 4 heterocycles. The van der Waals surface area contributed by atoms with Crippen molar-refractivity contribution in [2.75, 3.05) is 19.6 Å². The van der Waals surface area contributed by atoms with Crippen LogP contribution < -0.4 is 0 Å². The highest BCUT2D eigenvalue weighted by Crippen LogP contribution is 2.24. The van der Waals surface area contributed by atoms with Crippen LogP contribution in [0.25, 0.3) is 22.2 Å². The minimum absolute atomic E-state index is 0.948. The number of aromatic nitrogens is 3. The largest absolute Gasteiger partial charge is 0.303 e. The minimum Gasteiger partial charge on any atom is -0.303 e. The molecule has 0 N–H and O–H groups in total. The summed E-state index contributed by atoms with van der Waals surface area (Å²) < 4.78 is 0. The fourth-order valence-corrected chi connectivity index (χ4v) is 3.79. The average Bonchev–Trinajstić information content (AvgIpc) is 2.67. The highest BCUT2D eigenvalue weighted by Gasteiger charge is 2.11. The van der Waals surface area contributed by atoms with E-state index in [1.54, 1.807) is 0 Å². The van der Waals surface area contributed by atoms with E-state index in [0.717, 1.165) is 46.5 Å². The van der Waals surface area contributed by atoms with Crippen LogP contribution in [0.5, 0.6) is 0 Å². The van der Waals surface area contributed by atoms with Crippen molar-refractivity contribution in [1.82, 2.24) is 19.9 Å². The first-order valence-corrected chi connectivity index (χ1v) is 9.61. The second kappa shape index (κ2) is 7.50. The first kappa shape index (κ1) is 17.1. The van der Waals surface area contributed by atoms with Crippen LogP contribution in [0.2, 0.25) is 0 Å². The third-order valence-electron chi connectivity index (χ3n) is 5.29. The molecule has 0 bridgehead atoms. The Morgan fingerprint density at radius 1 is 0.923 bits per heavy atom. The Kier molecular flexibility index (Phi) is 4.93. The molecule has 1 aliphatic heterocycles. The van der Waals surface area contributed by atoms with Crippen LogP contribution in [0.4, 0.5) is 0 Å². The van der Waals surface area contributed by atoms with Crippen molar-refractivity contribution in [3.8, 4) is 11.1 Å². The maximum atomic E-state index is 4.68. The molecule has 0 saturated carbocycles. The van der Waals surface area contributed by atoms with Crippen molar-refractivity contribution in [3.05, 3.63) is 53.6 Å². The Bertz CT molecular complexity index is 913. The smallest absolute Gasteiger partial charge is 0.0893 e. The average molecular weight is 346 g/mol. The van der Waals surface area contributed by atoms with E-state index in [1.165, 1.54) is 37.9 Å².